The number of ether oxygens (including phenoxy) is 1. The lowest BCUT2D eigenvalue weighted by Crippen LogP contribution is -2.61. The molecule has 160 valence electrons. The fourth-order valence-electron chi connectivity index (χ4n) is 3.72. The largest absolute Gasteiger partial charge is 0.367 e. The Labute approximate surface area is 184 Å². The molecule has 1 atom stereocenters. The van der Waals surface area contributed by atoms with Gasteiger partial charge in [0.1, 0.15) is 4.88 Å². The molecule has 3 heterocycles. The average molecular weight is 438 g/mol. The van der Waals surface area contributed by atoms with E-state index in [-0.39, 0.29) is 25.5 Å². The highest BCUT2D eigenvalue weighted by molar-refractivity contribution is 7.08. The molecule has 2 amide bonds. The van der Waals surface area contributed by atoms with Gasteiger partial charge >= 0.3 is 0 Å². The number of nitrogens with zero attached hydrogens (tertiary/aromatic N) is 4. The molecule has 0 spiro atoms. The zero-order valence-electron chi connectivity index (χ0n) is 17.2. The first kappa shape index (κ1) is 21.1. The van der Waals surface area contributed by atoms with Crippen molar-refractivity contribution in [2.45, 2.75) is 25.4 Å². The van der Waals surface area contributed by atoms with E-state index in [4.69, 9.17) is 10.5 Å². The Morgan fingerprint density at radius 1 is 1.23 bits per heavy atom. The van der Waals surface area contributed by atoms with Gasteiger partial charge in [-0.1, -0.05) is 41.7 Å². The summed E-state index contributed by atoms with van der Waals surface area (Å²) < 4.78 is 9.79. The highest BCUT2D eigenvalue weighted by atomic mass is 32.1. The van der Waals surface area contributed by atoms with Gasteiger partial charge in [-0.15, -0.1) is 5.10 Å². The highest BCUT2D eigenvalue weighted by Crippen LogP contribution is 2.27. The summed E-state index contributed by atoms with van der Waals surface area (Å²) in [5.41, 5.74) is 8.09. The first-order chi connectivity index (χ1) is 15.0. The summed E-state index contributed by atoms with van der Waals surface area (Å²) in [6, 6.07) is 11.7. The van der Waals surface area contributed by atoms with Gasteiger partial charge in [0, 0.05) is 25.4 Å². The third-order valence-corrected chi connectivity index (χ3v) is 6.20. The van der Waals surface area contributed by atoms with E-state index in [1.807, 2.05) is 43.3 Å². The average Bonchev–Trinajstić information content (AvgIpc) is 3.29. The number of pyridine rings is 1. The molecule has 31 heavy (non-hydrogen) atoms. The van der Waals surface area contributed by atoms with E-state index in [0.29, 0.717) is 23.5 Å². The predicted octanol–water partition coefficient (Wildman–Crippen LogP) is 2.10. The third kappa shape index (κ3) is 4.33. The summed E-state index contributed by atoms with van der Waals surface area (Å²) in [6.45, 7) is 2.63. The summed E-state index contributed by atoms with van der Waals surface area (Å²) in [7, 11) is 0. The molecule has 0 aliphatic carbocycles. The van der Waals surface area contributed by atoms with E-state index in [1.54, 1.807) is 17.3 Å². The minimum absolute atomic E-state index is 0.0899. The Morgan fingerprint density at radius 2 is 2.03 bits per heavy atom. The highest BCUT2D eigenvalue weighted by Gasteiger charge is 2.44. The SMILES string of the molecule is CCc1nnsc1C(=O)N1CCO[C@@](Cc2ccc(-c3cccnc3)cc2)(C(N)=O)C1. The van der Waals surface area contributed by atoms with E-state index < -0.39 is 11.5 Å². The molecule has 2 N–H and O–H groups in total. The molecule has 1 aromatic carbocycles. The second kappa shape index (κ2) is 8.91. The van der Waals surface area contributed by atoms with Crippen LogP contribution < -0.4 is 5.73 Å². The minimum atomic E-state index is -1.28. The Bertz CT molecular complexity index is 1070. The Balaban J connectivity index is 1.54. The van der Waals surface area contributed by atoms with E-state index >= 15 is 0 Å². The van der Waals surface area contributed by atoms with Crippen LogP contribution in [0, 0.1) is 0 Å². The Kier molecular flexibility index (Phi) is 6.06. The molecule has 0 saturated carbocycles. The van der Waals surface area contributed by atoms with Crippen molar-refractivity contribution >= 4 is 23.3 Å². The van der Waals surface area contributed by atoms with Crippen LogP contribution in [-0.2, 0) is 22.4 Å². The number of aryl methyl sites for hydroxylation is 1. The van der Waals surface area contributed by atoms with Gasteiger partial charge in [-0.3, -0.25) is 14.6 Å². The maximum Gasteiger partial charge on any atom is 0.267 e. The van der Waals surface area contributed by atoms with E-state index in [0.717, 1.165) is 28.2 Å². The lowest BCUT2D eigenvalue weighted by molar-refractivity contribution is -0.153. The van der Waals surface area contributed by atoms with Crippen molar-refractivity contribution < 1.29 is 14.3 Å². The van der Waals surface area contributed by atoms with Gasteiger partial charge in [0.25, 0.3) is 11.8 Å². The molecule has 1 aliphatic rings. The number of hydrogen-bond donors (Lipinski definition) is 1. The van der Waals surface area contributed by atoms with Crippen LogP contribution in [0.2, 0.25) is 0 Å². The van der Waals surface area contributed by atoms with Gasteiger partial charge in [-0.25, -0.2) is 0 Å². The Morgan fingerprint density at radius 3 is 2.71 bits per heavy atom. The van der Waals surface area contributed by atoms with Crippen LogP contribution in [-0.4, -0.2) is 56.6 Å². The number of amides is 2. The van der Waals surface area contributed by atoms with Crippen LogP contribution in [0.1, 0.15) is 27.9 Å². The fraction of sp³-hybridized carbons (Fsp3) is 0.318. The van der Waals surface area contributed by atoms with Crippen molar-refractivity contribution in [3.8, 4) is 11.1 Å². The fourth-order valence-corrected chi connectivity index (χ4v) is 4.44. The first-order valence-corrected chi connectivity index (χ1v) is 10.8. The van der Waals surface area contributed by atoms with Crippen LogP contribution >= 0.6 is 11.5 Å². The van der Waals surface area contributed by atoms with Crippen LogP contribution in [0.3, 0.4) is 0 Å². The second-order valence-corrected chi connectivity index (χ2v) is 8.21. The quantitative estimate of drug-likeness (QED) is 0.632. The van der Waals surface area contributed by atoms with Crippen molar-refractivity contribution in [2.24, 2.45) is 5.73 Å². The lowest BCUT2D eigenvalue weighted by Gasteiger charge is -2.40. The number of morpholine rings is 1. The molecule has 0 unspecified atom stereocenters. The van der Waals surface area contributed by atoms with Crippen molar-refractivity contribution in [3.63, 3.8) is 0 Å². The molecule has 1 fully saturated rings. The predicted molar refractivity (Wildman–Crippen MR) is 116 cm³/mol. The monoisotopic (exact) mass is 437 g/mol. The smallest absolute Gasteiger partial charge is 0.267 e. The van der Waals surface area contributed by atoms with Gasteiger partial charge in [-0.2, -0.15) is 0 Å². The summed E-state index contributed by atoms with van der Waals surface area (Å²) in [5.74, 6) is -0.771. The number of aromatic nitrogens is 3. The van der Waals surface area contributed by atoms with Crippen LogP contribution in [0.15, 0.2) is 48.8 Å². The Hall–Kier alpha value is -3.17. The number of carbonyl (C=O) groups excluding carboxylic acids is 2. The number of hydrogen-bond acceptors (Lipinski definition) is 7. The minimum Gasteiger partial charge on any atom is -0.367 e. The van der Waals surface area contributed by atoms with Gasteiger partial charge in [0.05, 0.1) is 18.8 Å². The van der Waals surface area contributed by atoms with Crippen molar-refractivity contribution in [2.75, 3.05) is 19.7 Å². The molecule has 3 aromatic rings. The van der Waals surface area contributed by atoms with Crippen molar-refractivity contribution in [1.29, 1.82) is 0 Å². The van der Waals surface area contributed by atoms with Crippen LogP contribution in [0.25, 0.3) is 11.1 Å². The van der Waals surface area contributed by atoms with Crippen molar-refractivity contribution in [1.82, 2.24) is 19.5 Å². The molecule has 0 bridgehead atoms. The summed E-state index contributed by atoms with van der Waals surface area (Å²) in [6.07, 6.45) is 4.42. The number of primary amides is 1. The number of nitrogens with two attached hydrogens (primary N) is 1. The first-order valence-electron chi connectivity index (χ1n) is 10.1. The second-order valence-electron chi connectivity index (χ2n) is 7.45. The summed E-state index contributed by atoms with van der Waals surface area (Å²) >= 11 is 1.07. The normalized spacial score (nSPS) is 18.7. The number of rotatable bonds is 6. The standard InChI is InChI=1S/C22H23N5O3S/c1-2-18-19(31-26-25-18)20(28)27-10-11-30-22(14-27,21(23)29)12-15-5-7-16(8-6-15)17-4-3-9-24-13-17/h3-9,13H,2,10-12,14H2,1H3,(H2,23,29)/t22-/m1/s1. The van der Waals surface area contributed by atoms with Crippen LogP contribution in [0.5, 0.6) is 0 Å². The van der Waals surface area contributed by atoms with Gasteiger partial charge < -0.3 is 15.4 Å². The molecule has 8 nitrogen and oxygen atoms in total. The zero-order chi connectivity index (χ0) is 21.8. The maximum atomic E-state index is 13.0. The lowest BCUT2D eigenvalue weighted by atomic mass is 9.90. The maximum absolute atomic E-state index is 13.0. The molecule has 0 radical (unpaired) electrons. The van der Waals surface area contributed by atoms with Crippen molar-refractivity contribution in [3.05, 3.63) is 64.9 Å². The molecule has 1 saturated heterocycles. The third-order valence-electron chi connectivity index (χ3n) is 5.45. The van der Waals surface area contributed by atoms with Crippen LogP contribution in [0.4, 0.5) is 0 Å². The zero-order valence-corrected chi connectivity index (χ0v) is 18.0. The van der Waals surface area contributed by atoms with E-state index in [1.165, 1.54) is 0 Å². The topological polar surface area (TPSA) is 111 Å². The van der Waals surface area contributed by atoms with E-state index in [9.17, 15) is 9.59 Å². The summed E-state index contributed by atoms with van der Waals surface area (Å²) in [5, 5.41) is 4.02. The molecule has 4 rings (SSSR count). The van der Waals surface area contributed by atoms with E-state index in [2.05, 4.69) is 14.6 Å². The summed E-state index contributed by atoms with van der Waals surface area (Å²) in [4.78, 5) is 31.8. The molecule has 1 aliphatic heterocycles. The molecule has 2 aromatic heterocycles. The molecular weight excluding hydrogens is 414 g/mol. The number of benzene rings is 1. The number of carbonyl (C=O) groups is 2. The van der Waals surface area contributed by atoms with Gasteiger partial charge in [0.15, 0.2) is 5.60 Å². The van der Waals surface area contributed by atoms with Gasteiger partial charge in [-0.05, 0) is 40.7 Å². The molecular formula is C22H23N5O3S. The van der Waals surface area contributed by atoms with Gasteiger partial charge in [0.2, 0.25) is 0 Å². The molecule has 9 heteroatoms.